The van der Waals surface area contributed by atoms with Gasteiger partial charge in [0.25, 0.3) is 0 Å². The zero-order valence-corrected chi connectivity index (χ0v) is 15.0. The molecule has 1 aromatic rings. The number of carbonyl (C=O) groups excluding carboxylic acids is 1. The van der Waals surface area contributed by atoms with Crippen LogP contribution < -0.4 is 0 Å². The highest BCUT2D eigenvalue weighted by Crippen LogP contribution is 2.25. The minimum atomic E-state index is -0.370. The van der Waals surface area contributed by atoms with Crippen molar-refractivity contribution < 1.29 is 9.53 Å². The van der Waals surface area contributed by atoms with E-state index >= 15 is 0 Å². The summed E-state index contributed by atoms with van der Waals surface area (Å²) < 4.78 is 5.35. The van der Waals surface area contributed by atoms with Crippen molar-refractivity contribution in [2.75, 3.05) is 0 Å². The molecule has 0 aliphatic rings. The van der Waals surface area contributed by atoms with Crippen LogP contribution in [0, 0.1) is 5.41 Å². The van der Waals surface area contributed by atoms with Gasteiger partial charge in [0.1, 0.15) is 6.61 Å². The number of rotatable bonds is 6. The number of hydrogen-bond acceptors (Lipinski definition) is 2. The second kappa shape index (κ2) is 13.7. The van der Waals surface area contributed by atoms with Gasteiger partial charge in [0.2, 0.25) is 0 Å². The SMILES string of the molecule is CC.CC.CCCCC(C)(C)C(=O)OCc1ccccc1. The summed E-state index contributed by atoms with van der Waals surface area (Å²) in [5.41, 5.74) is 0.664. The third-order valence-corrected chi connectivity index (χ3v) is 2.92. The van der Waals surface area contributed by atoms with Crippen LogP contribution in [0.1, 0.15) is 73.3 Å². The quantitative estimate of drug-likeness (QED) is 0.601. The number of unbranched alkanes of at least 4 members (excludes halogenated alkanes) is 1. The van der Waals surface area contributed by atoms with E-state index in [-0.39, 0.29) is 11.4 Å². The summed E-state index contributed by atoms with van der Waals surface area (Å²) in [6.45, 7) is 14.4. The van der Waals surface area contributed by atoms with Gasteiger partial charge in [-0.2, -0.15) is 0 Å². The Morgan fingerprint density at radius 2 is 1.57 bits per heavy atom. The van der Waals surface area contributed by atoms with Gasteiger partial charge in [-0.15, -0.1) is 0 Å². The third-order valence-electron chi connectivity index (χ3n) is 2.92. The van der Waals surface area contributed by atoms with Crippen molar-refractivity contribution >= 4 is 5.97 Å². The van der Waals surface area contributed by atoms with Crippen LogP contribution in [0.2, 0.25) is 0 Å². The Kier molecular flexibility index (Phi) is 14.3. The molecule has 0 aliphatic carbocycles. The van der Waals surface area contributed by atoms with Crippen molar-refractivity contribution in [1.29, 1.82) is 0 Å². The van der Waals surface area contributed by atoms with Crippen LogP contribution in [0.15, 0.2) is 30.3 Å². The fourth-order valence-electron chi connectivity index (χ4n) is 1.64. The van der Waals surface area contributed by atoms with Crippen molar-refractivity contribution in [3.8, 4) is 0 Å². The Bertz CT molecular complexity index is 342. The van der Waals surface area contributed by atoms with Crippen LogP contribution in [-0.4, -0.2) is 5.97 Å². The standard InChI is InChI=1S/C15H22O2.2C2H6/c1-4-5-11-15(2,3)14(16)17-12-13-9-7-6-8-10-13;2*1-2/h6-10H,4-5,11-12H2,1-3H3;2*1-2H3. The number of esters is 1. The molecule has 0 aromatic heterocycles. The fourth-order valence-corrected chi connectivity index (χ4v) is 1.64. The first-order chi connectivity index (χ1) is 10.1. The lowest BCUT2D eigenvalue weighted by Crippen LogP contribution is -2.26. The topological polar surface area (TPSA) is 26.3 Å². The summed E-state index contributed by atoms with van der Waals surface area (Å²) in [4.78, 5) is 11.9. The summed E-state index contributed by atoms with van der Waals surface area (Å²) in [6, 6.07) is 9.78. The van der Waals surface area contributed by atoms with Crippen molar-refractivity contribution in [2.24, 2.45) is 5.41 Å². The van der Waals surface area contributed by atoms with E-state index in [4.69, 9.17) is 4.74 Å². The second-order valence-corrected chi connectivity index (χ2v) is 5.05. The molecule has 0 bridgehead atoms. The molecule has 0 unspecified atom stereocenters. The maximum absolute atomic E-state index is 11.9. The van der Waals surface area contributed by atoms with Gasteiger partial charge in [-0.25, -0.2) is 0 Å². The summed E-state index contributed by atoms with van der Waals surface area (Å²) in [7, 11) is 0. The van der Waals surface area contributed by atoms with Crippen LogP contribution in [-0.2, 0) is 16.1 Å². The molecule has 0 saturated heterocycles. The third kappa shape index (κ3) is 10.1. The number of hydrogen-bond donors (Lipinski definition) is 0. The van der Waals surface area contributed by atoms with Crippen LogP contribution in [0.5, 0.6) is 0 Å². The highest BCUT2D eigenvalue weighted by Gasteiger charge is 2.28. The summed E-state index contributed by atoms with van der Waals surface area (Å²) >= 11 is 0. The van der Waals surface area contributed by atoms with E-state index in [2.05, 4.69) is 6.92 Å². The predicted molar refractivity (Wildman–Crippen MR) is 92.2 cm³/mol. The fraction of sp³-hybridized carbons (Fsp3) is 0.632. The Hall–Kier alpha value is -1.31. The van der Waals surface area contributed by atoms with Crippen molar-refractivity contribution in [2.45, 2.75) is 74.3 Å². The Labute approximate surface area is 131 Å². The van der Waals surface area contributed by atoms with E-state index in [1.165, 1.54) is 0 Å². The van der Waals surface area contributed by atoms with E-state index in [0.29, 0.717) is 6.61 Å². The Morgan fingerprint density at radius 3 is 2.05 bits per heavy atom. The van der Waals surface area contributed by atoms with E-state index < -0.39 is 0 Å². The molecule has 0 spiro atoms. The lowest BCUT2D eigenvalue weighted by Gasteiger charge is -2.22. The molecule has 2 nitrogen and oxygen atoms in total. The molecular weight excluding hydrogens is 260 g/mol. The van der Waals surface area contributed by atoms with Crippen molar-refractivity contribution in [3.05, 3.63) is 35.9 Å². The molecule has 0 radical (unpaired) electrons. The van der Waals surface area contributed by atoms with Gasteiger partial charge in [-0.3, -0.25) is 4.79 Å². The van der Waals surface area contributed by atoms with Crippen LogP contribution in [0.4, 0.5) is 0 Å². The molecule has 0 aliphatic heterocycles. The lowest BCUT2D eigenvalue weighted by molar-refractivity contribution is -0.155. The van der Waals surface area contributed by atoms with Crippen LogP contribution in [0.3, 0.4) is 0 Å². The Morgan fingerprint density at radius 1 is 1.05 bits per heavy atom. The molecule has 122 valence electrons. The zero-order valence-electron chi connectivity index (χ0n) is 15.0. The Balaban J connectivity index is 0. The van der Waals surface area contributed by atoms with Crippen molar-refractivity contribution in [1.82, 2.24) is 0 Å². The molecule has 0 fully saturated rings. The van der Waals surface area contributed by atoms with Crippen molar-refractivity contribution in [3.63, 3.8) is 0 Å². The summed E-state index contributed by atoms with van der Waals surface area (Å²) in [5, 5.41) is 0. The molecule has 0 N–H and O–H groups in total. The first-order valence-electron chi connectivity index (χ1n) is 8.27. The number of carbonyl (C=O) groups is 1. The smallest absolute Gasteiger partial charge is 0.311 e. The minimum Gasteiger partial charge on any atom is -0.460 e. The highest BCUT2D eigenvalue weighted by molar-refractivity contribution is 5.75. The molecule has 21 heavy (non-hydrogen) atoms. The lowest BCUT2D eigenvalue weighted by atomic mass is 9.87. The average molecular weight is 294 g/mol. The average Bonchev–Trinajstić information content (AvgIpc) is 2.55. The molecule has 0 saturated carbocycles. The second-order valence-electron chi connectivity index (χ2n) is 5.05. The van der Waals surface area contributed by atoms with Gasteiger partial charge in [0, 0.05) is 0 Å². The van der Waals surface area contributed by atoms with Gasteiger partial charge in [0.05, 0.1) is 5.41 Å². The first kappa shape index (κ1) is 22.0. The monoisotopic (exact) mass is 294 g/mol. The van der Waals surface area contributed by atoms with E-state index in [1.54, 1.807) is 0 Å². The summed E-state index contributed by atoms with van der Waals surface area (Å²) in [5.74, 6) is -0.102. The normalized spacial score (nSPS) is 9.67. The largest absolute Gasteiger partial charge is 0.460 e. The van der Waals surface area contributed by atoms with Crippen LogP contribution >= 0.6 is 0 Å². The molecule has 0 heterocycles. The molecule has 2 heteroatoms. The van der Waals surface area contributed by atoms with Gasteiger partial charge in [-0.05, 0) is 25.8 Å². The number of ether oxygens (including phenoxy) is 1. The highest BCUT2D eigenvalue weighted by atomic mass is 16.5. The minimum absolute atomic E-state index is 0.102. The maximum Gasteiger partial charge on any atom is 0.311 e. The zero-order chi connectivity index (χ0) is 16.7. The van der Waals surface area contributed by atoms with Gasteiger partial charge in [0.15, 0.2) is 0 Å². The number of benzene rings is 1. The molecule has 1 rings (SSSR count). The molecule has 0 amide bonds. The van der Waals surface area contributed by atoms with Crippen LogP contribution in [0.25, 0.3) is 0 Å². The molecule has 1 aromatic carbocycles. The molecule has 0 atom stereocenters. The molecular formula is C19H34O2. The van der Waals surface area contributed by atoms with Gasteiger partial charge < -0.3 is 4.74 Å². The van der Waals surface area contributed by atoms with E-state index in [1.807, 2.05) is 71.9 Å². The van der Waals surface area contributed by atoms with Gasteiger partial charge in [-0.1, -0.05) is 77.8 Å². The predicted octanol–water partition coefficient (Wildman–Crippen LogP) is 6.00. The first-order valence-corrected chi connectivity index (χ1v) is 8.27. The summed E-state index contributed by atoms with van der Waals surface area (Å²) in [6.07, 6.45) is 3.06. The maximum atomic E-state index is 11.9. The van der Waals surface area contributed by atoms with E-state index in [9.17, 15) is 4.79 Å². The van der Waals surface area contributed by atoms with E-state index in [0.717, 1.165) is 24.8 Å². The van der Waals surface area contributed by atoms with Gasteiger partial charge >= 0.3 is 5.97 Å².